The number of hydrogen-bond acceptors (Lipinski definition) is 3. The Kier molecular flexibility index (Phi) is 3.95. The minimum absolute atomic E-state index is 0.113. The molecule has 1 N–H and O–H groups in total. The second-order valence-corrected chi connectivity index (χ2v) is 4.32. The van der Waals surface area contributed by atoms with Crippen LogP contribution in [0.2, 0.25) is 5.02 Å². The third kappa shape index (κ3) is 3.10. The third-order valence-electron chi connectivity index (χ3n) is 2.47. The Morgan fingerprint density at radius 1 is 1.25 bits per heavy atom. The first-order valence-corrected chi connectivity index (χ1v) is 5.86. The first-order chi connectivity index (χ1) is 9.47. The average molecular weight is 295 g/mol. The van der Waals surface area contributed by atoms with E-state index >= 15 is 0 Å². The average Bonchev–Trinajstić information content (AvgIpc) is 2.37. The molecule has 2 rings (SSSR count). The summed E-state index contributed by atoms with van der Waals surface area (Å²) >= 11 is 5.66. The first kappa shape index (κ1) is 14.0. The van der Waals surface area contributed by atoms with Crippen molar-refractivity contribution in [3.05, 3.63) is 69.0 Å². The number of nitro benzene ring substituents is 1. The number of carbonyl (C=O) groups is 1. The van der Waals surface area contributed by atoms with Crippen LogP contribution in [-0.2, 0) is 0 Å². The van der Waals surface area contributed by atoms with E-state index in [1.165, 1.54) is 30.3 Å². The highest BCUT2D eigenvalue weighted by Crippen LogP contribution is 2.22. The Morgan fingerprint density at radius 3 is 2.60 bits per heavy atom. The van der Waals surface area contributed by atoms with Crippen molar-refractivity contribution in [1.82, 2.24) is 0 Å². The van der Waals surface area contributed by atoms with Gasteiger partial charge in [-0.15, -0.1) is 0 Å². The summed E-state index contributed by atoms with van der Waals surface area (Å²) in [5.74, 6) is -1.32. The van der Waals surface area contributed by atoms with Crippen LogP contribution in [0.15, 0.2) is 42.5 Å². The van der Waals surface area contributed by atoms with Crippen molar-refractivity contribution in [3.63, 3.8) is 0 Å². The molecule has 0 aliphatic heterocycles. The molecule has 0 radical (unpaired) electrons. The molecule has 1 amide bonds. The van der Waals surface area contributed by atoms with Gasteiger partial charge in [0.1, 0.15) is 11.4 Å². The second kappa shape index (κ2) is 5.66. The minimum atomic E-state index is -0.709. The highest BCUT2D eigenvalue weighted by molar-refractivity contribution is 6.31. The molecular formula is C13H8ClFN2O3. The van der Waals surface area contributed by atoms with E-state index in [-0.39, 0.29) is 22.0 Å². The monoisotopic (exact) mass is 294 g/mol. The van der Waals surface area contributed by atoms with Gasteiger partial charge in [0.05, 0.1) is 4.92 Å². The Labute approximate surface area is 118 Å². The smallest absolute Gasteiger partial charge is 0.282 e. The molecule has 7 heteroatoms. The van der Waals surface area contributed by atoms with Gasteiger partial charge in [0.15, 0.2) is 0 Å². The fourth-order valence-electron chi connectivity index (χ4n) is 1.65. The van der Waals surface area contributed by atoms with Gasteiger partial charge in [-0.2, -0.15) is 0 Å². The van der Waals surface area contributed by atoms with Crippen LogP contribution in [0.25, 0.3) is 0 Å². The van der Waals surface area contributed by atoms with Crippen LogP contribution in [0.1, 0.15) is 10.4 Å². The summed E-state index contributed by atoms with van der Waals surface area (Å²) in [7, 11) is 0. The Morgan fingerprint density at radius 2 is 1.95 bits per heavy atom. The molecule has 0 saturated heterocycles. The lowest BCUT2D eigenvalue weighted by molar-refractivity contribution is -0.385. The molecule has 0 aromatic heterocycles. The molecular weight excluding hydrogens is 287 g/mol. The maximum atomic E-state index is 13.1. The summed E-state index contributed by atoms with van der Waals surface area (Å²) in [5.41, 5.74) is -0.316. The number of para-hydroxylation sites is 1. The Bertz CT molecular complexity index is 671. The minimum Gasteiger partial charge on any atom is -0.322 e. The lowest BCUT2D eigenvalue weighted by Gasteiger charge is -2.06. The van der Waals surface area contributed by atoms with Crippen LogP contribution in [0.3, 0.4) is 0 Å². The van der Waals surface area contributed by atoms with Crippen molar-refractivity contribution in [3.8, 4) is 0 Å². The SMILES string of the molecule is O=C(Nc1cc(F)cc(Cl)c1)c1ccccc1[N+](=O)[O-]. The van der Waals surface area contributed by atoms with E-state index in [1.54, 1.807) is 0 Å². The van der Waals surface area contributed by atoms with Gasteiger partial charge in [-0.25, -0.2) is 4.39 Å². The highest BCUT2D eigenvalue weighted by atomic mass is 35.5. The zero-order chi connectivity index (χ0) is 14.7. The van der Waals surface area contributed by atoms with E-state index in [1.807, 2.05) is 0 Å². The number of hydrogen-bond donors (Lipinski definition) is 1. The predicted molar refractivity (Wildman–Crippen MR) is 72.5 cm³/mol. The maximum absolute atomic E-state index is 13.1. The zero-order valence-electron chi connectivity index (χ0n) is 9.97. The van der Waals surface area contributed by atoms with E-state index in [0.29, 0.717) is 0 Å². The van der Waals surface area contributed by atoms with E-state index in [2.05, 4.69) is 5.32 Å². The van der Waals surface area contributed by atoms with Gasteiger partial charge >= 0.3 is 0 Å². The summed E-state index contributed by atoms with van der Waals surface area (Å²) in [6.45, 7) is 0. The predicted octanol–water partition coefficient (Wildman–Crippen LogP) is 3.64. The number of nitrogens with zero attached hydrogens (tertiary/aromatic N) is 1. The molecule has 0 atom stereocenters. The van der Waals surface area contributed by atoms with Crippen LogP contribution in [0.5, 0.6) is 0 Å². The van der Waals surface area contributed by atoms with Crippen molar-refractivity contribution in [2.75, 3.05) is 5.32 Å². The summed E-state index contributed by atoms with van der Waals surface area (Å²) < 4.78 is 13.1. The molecule has 2 aromatic carbocycles. The van der Waals surface area contributed by atoms with Crippen molar-refractivity contribution in [1.29, 1.82) is 0 Å². The largest absolute Gasteiger partial charge is 0.322 e. The summed E-state index contributed by atoms with van der Waals surface area (Å²) in [6, 6.07) is 8.98. The number of anilines is 1. The summed E-state index contributed by atoms with van der Waals surface area (Å²) in [5, 5.41) is 13.3. The van der Waals surface area contributed by atoms with E-state index < -0.39 is 16.6 Å². The van der Waals surface area contributed by atoms with Crippen molar-refractivity contribution in [2.45, 2.75) is 0 Å². The van der Waals surface area contributed by atoms with Gasteiger partial charge in [0.2, 0.25) is 0 Å². The van der Waals surface area contributed by atoms with Crippen LogP contribution in [0.4, 0.5) is 15.8 Å². The van der Waals surface area contributed by atoms with Crippen LogP contribution < -0.4 is 5.32 Å². The lowest BCUT2D eigenvalue weighted by Crippen LogP contribution is -2.14. The first-order valence-electron chi connectivity index (χ1n) is 5.48. The molecule has 5 nitrogen and oxygen atoms in total. The third-order valence-corrected chi connectivity index (χ3v) is 2.68. The summed E-state index contributed by atoms with van der Waals surface area (Å²) in [4.78, 5) is 22.2. The number of halogens is 2. The van der Waals surface area contributed by atoms with Gasteiger partial charge in [-0.3, -0.25) is 14.9 Å². The van der Waals surface area contributed by atoms with E-state index in [4.69, 9.17) is 11.6 Å². The van der Waals surface area contributed by atoms with Crippen molar-refractivity contribution >= 4 is 28.9 Å². The molecule has 102 valence electrons. The lowest BCUT2D eigenvalue weighted by atomic mass is 10.1. The molecule has 0 bridgehead atoms. The molecule has 0 saturated carbocycles. The maximum Gasteiger partial charge on any atom is 0.282 e. The van der Waals surface area contributed by atoms with Crippen LogP contribution in [-0.4, -0.2) is 10.8 Å². The molecule has 0 spiro atoms. The van der Waals surface area contributed by atoms with Crippen LogP contribution in [0, 0.1) is 15.9 Å². The molecule has 0 fully saturated rings. The highest BCUT2D eigenvalue weighted by Gasteiger charge is 2.19. The molecule has 0 heterocycles. The molecule has 0 unspecified atom stereocenters. The number of rotatable bonds is 3. The van der Waals surface area contributed by atoms with Gasteiger partial charge in [-0.05, 0) is 24.3 Å². The van der Waals surface area contributed by atoms with Crippen molar-refractivity contribution in [2.24, 2.45) is 0 Å². The van der Waals surface area contributed by atoms with E-state index in [9.17, 15) is 19.3 Å². The van der Waals surface area contributed by atoms with Crippen LogP contribution >= 0.6 is 11.6 Å². The Hall–Kier alpha value is -2.47. The zero-order valence-corrected chi connectivity index (χ0v) is 10.7. The fourth-order valence-corrected chi connectivity index (χ4v) is 1.87. The van der Waals surface area contributed by atoms with Crippen molar-refractivity contribution < 1.29 is 14.1 Å². The number of carbonyl (C=O) groups excluding carboxylic acids is 1. The number of nitro groups is 1. The van der Waals surface area contributed by atoms with Gasteiger partial charge in [0.25, 0.3) is 11.6 Å². The summed E-state index contributed by atoms with van der Waals surface area (Å²) in [6.07, 6.45) is 0. The van der Waals surface area contributed by atoms with Gasteiger partial charge in [0, 0.05) is 16.8 Å². The van der Waals surface area contributed by atoms with Gasteiger partial charge in [-0.1, -0.05) is 23.7 Å². The van der Waals surface area contributed by atoms with Gasteiger partial charge < -0.3 is 5.32 Å². The Balaban J connectivity index is 2.31. The molecule has 0 aliphatic carbocycles. The number of amides is 1. The molecule has 20 heavy (non-hydrogen) atoms. The molecule has 2 aromatic rings. The quantitative estimate of drug-likeness (QED) is 0.694. The number of nitrogens with one attached hydrogen (secondary N) is 1. The normalized spacial score (nSPS) is 10.1. The second-order valence-electron chi connectivity index (χ2n) is 3.89. The fraction of sp³-hybridized carbons (Fsp3) is 0. The topological polar surface area (TPSA) is 72.2 Å². The standard InChI is InChI=1S/C13H8ClFN2O3/c14-8-5-9(15)7-10(6-8)16-13(18)11-3-1-2-4-12(11)17(19)20/h1-7H,(H,16,18). The van der Waals surface area contributed by atoms with E-state index in [0.717, 1.165) is 12.1 Å². The number of benzene rings is 2. The molecule has 0 aliphatic rings.